The highest BCUT2D eigenvalue weighted by Gasteiger charge is 2.22. The monoisotopic (exact) mass is 268 g/mol. The Bertz CT molecular complexity index is 484. The highest BCUT2D eigenvalue weighted by atomic mass is 35.5. The van der Waals surface area contributed by atoms with E-state index in [1.165, 1.54) is 12.1 Å². The van der Waals surface area contributed by atoms with E-state index in [1.807, 2.05) is 0 Å². The van der Waals surface area contributed by atoms with Crippen LogP contribution in [-0.4, -0.2) is 30.1 Å². The average Bonchev–Trinajstić information content (AvgIpc) is 2.85. The maximum atomic E-state index is 11.8. The van der Waals surface area contributed by atoms with Gasteiger partial charge in [0.1, 0.15) is 0 Å². The summed E-state index contributed by atoms with van der Waals surface area (Å²) in [6, 6.07) is 4.42. The number of amides is 1. The second-order valence-corrected chi connectivity index (χ2v) is 4.59. The summed E-state index contributed by atoms with van der Waals surface area (Å²) in [4.78, 5) is 22.8. The maximum absolute atomic E-state index is 11.8. The summed E-state index contributed by atoms with van der Waals surface area (Å²) in [5.41, 5.74) is 0.438. The molecule has 1 aliphatic rings. The smallest absolute Gasteiger partial charge is 0.337 e. The van der Waals surface area contributed by atoms with Gasteiger partial charge >= 0.3 is 5.97 Å². The molecule has 0 aliphatic carbocycles. The minimum Gasteiger partial charge on any atom is -0.478 e. The van der Waals surface area contributed by atoms with Crippen LogP contribution in [0.5, 0.6) is 0 Å². The van der Waals surface area contributed by atoms with E-state index < -0.39 is 5.97 Å². The van der Waals surface area contributed by atoms with Crippen molar-refractivity contribution in [3.63, 3.8) is 0 Å². The molecule has 3 N–H and O–H groups in total. The van der Waals surface area contributed by atoms with Crippen LogP contribution in [0.2, 0.25) is 5.02 Å². The number of aromatic carboxylic acids is 1. The molecule has 1 fully saturated rings. The Morgan fingerprint density at radius 3 is 2.83 bits per heavy atom. The maximum Gasteiger partial charge on any atom is 0.337 e. The number of benzene rings is 1. The Labute approximate surface area is 109 Å². The fraction of sp³-hybridized carbons (Fsp3) is 0.333. The van der Waals surface area contributed by atoms with Crippen molar-refractivity contribution in [3.05, 3.63) is 28.8 Å². The van der Waals surface area contributed by atoms with E-state index in [0.29, 0.717) is 12.2 Å². The summed E-state index contributed by atoms with van der Waals surface area (Å²) in [7, 11) is 0. The standard InChI is InChI=1S/C12H13ClN2O3/c13-10-2-1-8(5-9(10)12(17)18)15-11(16)7-3-4-14-6-7/h1-2,5,7,14H,3-4,6H2,(H,15,16)(H,17,18). The van der Waals surface area contributed by atoms with Crippen LogP contribution < -0.4 is 10.6 Å². The van der Waals surface area contributed by atoms with Crippen LogP contribution in [0, 0.1) is 5.92 Å². The molecule has 1 amide bonds. The molecule has 1 heterocycles. The molecule has 1 aromatic rings. The molecule has 96 valence electrons. The van der Waals surface area contributed by atoms with Crippen molar-refractivity contribution in [2.24, 2.45) is 5.92 Å². The summed E-state index contributed by atoms with van der Waals surface area (Å²) >= 11 is 5.75. The highest BCUT2D eigenvalue weighted by molar-refractivity contribution is 6.33. The van der Waals surface area contributed by atoms with Crippen molar-refractivity contribution in [2.45, 2.75) is 6.42 Å². The van der Waals surface area contributed by atoms with Gasteiger partial charge in [-0.25, -0.2) is 4.79 Å². The number of nitrogens with one attached hydrogen (secondary N) is 2. The van der Waals surface area contributed by atoms with E-state index in [1.54, 1.807) is 6.07 Å². The number of carbonyl (C=O) groups is 2. The molecule has 0 aromatic heterocycles. The van der Waals surface area contributed by atoms with Gasteiger partial charge < -0.3 is 15.7 Å². The Balaban J connectivity index is 2.11. The topological polar surface area (TPSA) is 78.4 Å². The van der Waals surface area contributed by atoms with Gasteiger partial charge in [-0.1, -0.05) is 11.6 Å². The van der Waals surface area contributed by atoms with Crippen LogP contribution in [0.3, 0.4) is 0 Å². The van der Waals surface area contributed by atoms with Crippen molar-refractivity contribution >= 4 is 29.2 Å². The third kappa shape index (κ3) is 2.80. The molecule has 5 nitrogen and oxygen atoms in total. The lowest BCUT2D eigenvalue weighted by atomic mass is 10.1. The zero-order valence-corrected chi connectivity index (χ0v) is 10.3. The van der Waals surface area contributed by atoms with E-state index in [0.717, 1.165) is 13.0 Å². The molecular formula is C12H13ClN2O3. The van der Waals surface area contributed by atoms with E-state index in [4.69, 9.17) is 16.7 Å². The highest BCUT2D eigenvalue weighted by Crippen LogP contribution is 2.21. The molecule has 1 unspecified atom stereocenters. The van der Waals surface area contributed by atoms with Gasteiger partial charge in [0.25, 0.3) is 0 Å². The Kier molecular flexibility index (Phi) is 3.84. The van der Waals surface area contributed by atoms with E-state index in [2.05, 4.69) is 10.6 Å². The van der Waals surface area contributed by atoms with Crippen LogP contribution in [0.15, 0.2) is 18.2 Å². The summed E-state index contributed by atoms with van der Waals surface area (Å²) in [6.45, 7) is 1.49. The number of carboxylic acids is 1. The number of hydrogen-bond donors (Lipinski definition) is 3. The van der Waals surface area contributed by atoms with Gasteiger partial charge in [-0.3, -0.25) is 4.79 Å². The van der Waals surface area contributed by atoms with Gasteiger partial charge in [0, 0.05) is 12.2 Å². The van der Waals surface area contributed by atoms with Gasteiger partial charge in [-0.15, -0.1) is 0 Å². The van der Waals surface area contributed by atoms with Gasteiger partial charge in [0.2, 0.25) is 5.91 Å². The molecule has 2 rings (SSSR count). The van der Waals surface area contributed by atoms with Gasteiger partial charge in [0.15, 0.2) is 0 Å². The van der Waals surface area contributed by atoms with Crippen LogP contribution in [0.1, 0.15) is 16.8 Å². The normalized spacial score (nSPS) is 18.6. The first-order valence-corrected chi connectivity index (χ1v) is 6.00. The molecule has 1 aromatic carbocycles. The Morgan fingerprint density at radius 1 is 1.44 bits per heavy atom. The van der Waals surface area contributed by atoms with Crippen molar-refractivity contribution in [3.8, 4) is 0 Å². The van der Waals surface area contributed by atoms with E-state index in [-0.39, 0.29) is 22.4 Å². The summed E-state index contributed by atoms with van der Waals surface area (Å²) in [5, 5.41) is 14.9. The number of hydrogen-bond acceptors (Lipinski definition) is 3. The lowest BCUT2D eigenvalue weighted by molar-refractivity contribution is -0.119. The van der Waals surface area contributed by atoms with Crippen LogP contribution >= 0.6 is 11.6 Å². The molecule has 18 heavy (non-hydrogen) atoms. The number of anilines is 1. The third-order valence-electron chi connectivity index (χ3n) is 2.90. The number of carboxylic acid groups (broad SMARTS) is 1. The molecule has 0 bridgehead atoms. The average molecular weight is 269 g/mol. The largest absolute Gasteiger partial charge is 0.478 e. The van der Waals surface area contributed by atoms with E-state index in [9.17, 15) is 9.59 Å². The fourth-order valence-electron chi connectivity index (χ4n) is 1.89. The first-order chi connectivity index (χ1) is 8.58. The van der Waals surface area contributed by atoms with Crippen LogP contribution in [0.4, 0.5) is 5.69 Å². The number of carbonyl (C=O) groups excluding carboxylic acids is 1. The number of rotatable bonds is 3. The second kappa shape index (κ2) is 5.37. The molecule has 6 heteroatoms. The fourth-order valence-corrected chi connectivity index (χ4v) is 2.09. The summed E-state index contributed by atoms with van der Waals surface area (Å²) in [5.74, 6) is -1.27. The van der Waals surface area contributed by atoms with Crippen LogP contribution in [0.25, 0.3) is 0 Å². The summed E-state index contributed by atoms with van der Waals surface area (Å²) in [6.07, 6.45) is 0.797. The lowest BCUT2D eigenvalue weighted by Gasteiger charge is -2.10. The Hall–Kier alpha value is -1.59. The summed E-state index contributed by atoms with van der Waals surface area (Å²) < 4.78 is 0. The van der Waals surface area contributed by atoms with Crippen molar-refractivity contribution in [1.29, 1.82) is 0 Å². The first kappa shape index (κ1) is 12.9. The van der Waals surface area contributed by atoms with E-state index >= 15 is 0 Å². The predicted molar refractivity (Wildman–Crippen MR) is 68.0 cm³/mol. The zero-order chi connectivity index (χ0) is 13.1. The number of halogens is 1. The van der Waals surface area contributed by atoms with Gasteiger partial charge in [-0.05, 0) is 31.2 Å². The SMILES string of the molecule is O=C(O)c1cc(NC(=O)C2CCNC2)ccc1Cl. The third-order valence-corrected chi connectivity index (χ3v) is 3.22. The first-order valence-electron chi connectivity index (χ1n) is 5.62. The minimum atomic E-state index is -1.11. The van der Waals surface area contributed by atoms with Crippen molar-refractivity contribution in [2.75, 3.05) is 18.4 Å². The lowest BCUT2D eigenvalue weighted by Crippen LogP contribution is -2.24. The molecule has 1 aliphatic heterocycles. The predicted octanol–water partition coefficient (Wildman–Crippen LogP) is 1.59. The van der Waals surface area contributed by atoms with Crippen LogP contribution in [-0.2, 0) is 4.79 Å². The second-order valence-electron chi connectivity index (χ2n) is 4.18. The molecule has 0 radical (unpaired) electrons. The quantitative estimate of drug-likeness (QED) is 0.778. The molecule has 1 saturated heterocycles. The molecule has 0 spiro atoms. The molecular weight excluding hydrogens is 256 g/mol. The van der Waals surface area contributed by atoms with Gasteiger partial charge in [-0.2, -0.15) is 0 Å². The molecule has 0 saturated carbocycles. The Morgan fingerprint density at radius 2 is 2.22 bits per heavy atom. The zero-order valence-electron chi connectivity index (χ0n) is 9.57. The van der Waals surface area contributed by atoms with Crippen molar-refractivity contribution < 1.29 is 14.7 Å². The van der Waals surface area contributed by atoms with Gasteiger partial charge in [0.05, 0.1) is 16.5 Å². The minimum absolute atomic E-state index is 0.0148. The molecule has 1 atom stereocenters. The van der Waals surface area contributed by atoms with Crippen molar-refractivity contribution in [1.82, 2.24) is 5.32 Å².